The lowest BCUT2D eigenvalue weighted by Gasteiger charge is -2.05. The molecule has 5 heteroatoms. The number of benzene rings is 1. The summed E-state index contributed by atoms with van der Waals surface area (Å²) >= 11 is 5.66. The van der Waals surface area contributed by atoms with E-state index < -0.39 is 0 Å². The Morgan fingerprint density at radius 3 is 2.77 bits per heavy atom. The summed E-state index contributed by atoms with van der Waals surface area (Å²) in [6.45, 7) is 0. The first-order chi connectivity index (χ1) is 6.19. The number of hydrogen-bond acceptors (Lipinski definition) is 4. The van der Waals surface area contributed by atoms with Crippen molar-refractivity contribution in [3.05, 3.63) is 22.7 Å². The fourth-order valence-electron chi connectivity index (χ4n) is 0.891. The van der Waals surface area contributed by atoms with E-state index in [0.717, 1.165) is 0 Å². The van der Waals surface area contributed by atoms with E-state index >= 15 is 0 Å². The van der Waals surface area contributed by atoms with Crippen LogP contribution in [0.4, 0.5) is 0 Å². The minimum atomic E-state index is -0.126. The molecule has 0 saturated heterocycles. The van der Waals surface area contributed by atoms with Crippen LogP contribution in [-0.2, 0) is 0 Å². The number of phenolic OH excluding ortho intramolecular Hbond substituents is 1. The Kier molecular flexibility index (Phi) is 2.97. The highest BCUT2D eigenvalue weighted by atomic mass is 35.5. The van der Waals surface area contributed by atoms with Gasteiger partial charge in [-0.2, -0.15) is 0 Å². The van der Waals surface area contributed by atoms with Crippen molar-refractivity contribution in [2.75, 3.05) is 7.11 Å². The van der Waals surface area contributed by atoms with E-state index in [1.807, 2.05) is 0 Å². The van der Waals surface area contributed by atoms with Gasteiger partial charge in [-0.1, -0.05) is 16.8 Å². The minimum absolute atomic E-state index is 0.126. The van der Waals surface area contributed by atoms with E-state index in [4.69, 9.17) is 21.5 Å². The summed E-state index contributed by atoms with van der Waals surface area (Å²) < 4.78 is 4.84. The van der Waals surface area contributed by atoms with Gasteiger partial charge in [0.2, 0.25) is 0 Å². The molecule has 2 N–H and O–H groups in total. The summed E-state index contributed by atoms with van der Waals surface area (Å²) in [6, 6.07) is 2.96. The number of ether oxygens (including phenoxy) is 1. The molecule has 0 atom stereocenters. The molecule has 0 saturated carbocycles. The first kappa shape index (κ1) is 9.67. The van der Waals surface area contributed by atoms with E-state index in [1.165, 1.54) is 25.5 Å². The summed E-state index contributed by atoms with van der Waals surface area (Å²) in [5.74, 6) is 0.113. The molecule has 0 heterocycles. The Morgan fingerprint density at radius 2 is 2.23 bits per heavy atom. The van der Waals surface area contributed by atoms with Crippen LogP contribution in [0.25, 0.3) is 0 Å². The second-order valence-electron chi connectivity index (χ2n) is 2.30. The fourth-order valence-corrected chi connectivity index (χ4v) is 1.11. The van der Waals surface area contributed by atoms with E-state index in [0.29, 0.717) is 5.56 Å². The van der Waals surface area contributed by atoms with E-state index in [9.17, 15) is 5.11 Å². The topological polar surface area (TPSA) is 62.0 Å². The lowest BCUT2D eigenvalue weighted by molar-refractivity contribution is 0.322. The summed E-state index contributed by atoms with van der Waals surface area (Å²) in [5, 5.41) is 20.6. The zero-order valence-electron chi connectivity index (χ0n) is 6.86. The molecule has 0 amide bonds. The number of hydrogen-bond donors (Lipinski definition) is 2. The third-order valence-electron chi connectivity index (χ3n) is 1.48. The Labute approximate surface area is 80.0 Å². The summed E-state index contributed by atoms with van der Waals surface area (Å²) in [5.41, 5.74) is 0.544. The van der Waals surface area contributed by atoms with Crippen molar-refractivity contribution in [3.63, 3.8) is 0 Å². The molecular formula is C8H8ClNO3. The largest absolute Gasteiger partial charge is 0.503 e. The lowest BCUT2D eigenvalue weighted by atomic mass is 10.2. The predicted molar refractivity (Wildman–Crippen MR) is 49.0 cm³/mol. The molecule has 0 radical (unpaired) electrons. The standard InChI is InChI=1S/C8H8ClNO3/c1-13-7-3-5(4-10-12)2-6(9)8(7)11/h2-4,11-12H,1H3/b10-4+. The lowest BCUT2D eigenvalue weighted by Crippen LogP contribution is -1.88. The van der Waals surface area contributed by atoms with Crippen molar-refractivity contribution in [2.24, 2.45) is 5.16 Å². The van der Waals surface area contributed by atoms with Crippen LogP contribution >= 0.6 is 11.6 Å². The van der Waals surface area contributed by atoms with Crippen molar-refractivity contribution in [2.45, 2.75) is 0 Å². The third kappa shape index (κ3) is 2.03. The van der Waals surface area contributed by atoms with Gasteiger partial charge in [-0.25, -0.2) is 0 Å². The highest BCUT2D eigenvalue weighted by Crippen LogP contribution is 2.34. The van der Waals surface area contributed by atoms with Crippen LogP contribution in [-0.4, -0.2) is 23.6 Å². The molecule has 1 aromatic rings. The van der Waals surface area contributed by atoms with Gasteiger partial charge in [0.05, 0.1) is 18.3 Å². The first-order valence-corrected chi connectivity index (χ1v) is 3.80. The van der Waals surface area contributed by atoms with E-state index in [-0.39, 0.29) is 16.5 Å². The molecule has 0 aliphatic carbocycles. The van der Waals surface area contributed by atoms with Gasteiger partial charge in [0.15, 0.2) is 11.5 Å². The van der Waals surface area contributed by atoms with Gasteiger partial charge in [0, 0.05) is 5.56 Å². The van der Waals surface area contributed by atoms with Crippen LogP contribution in [0.2, 0.25) is 5.02 Å². The average Bonchev–Trinajstić information content (AvgIpc) is 2.11. The fraction of sp³-hybridized carbons (Fsp3) is 0.125. The van der Waals surface area contributed by atoms with Gasteiger partial charge in [0.1, 0.15) is 0 Å². The Hall–Kier alpha value is -1.42. The number of methoxy groups -OCH3 is 1. The molecule has 0 bridgehead atoms. The maximum atomic E-state index is 9.33. The van der Waals surface area contributed by atoms with Gasteiger partial charge in [-0.05, 0) is 12.1 Å². The highest BCUT2D eigenvalue weighted by Gasteiger charge is 2.07. The molecule has 70 valence electrons. The van der Waals surface area contributed by atoms with Gasteiger partial charge in [0.25, 0.3) is 0 Å². The molecule has 0 fully saturated rings. The van der Waals surface area contributed by atoms with E-state index in [1.54, 1.807) is 0 Å². The monoisotopic (exact) mass is 201 g/mol. The van der Waals surface area contributed by atoms with Crippen molar-refractivity contribution >= 4 is 17.8 Å². The normalized spacial score (nSPS) is 10.6. The quantitative estimate of drug-likeness (QED) is 0.436. The number of halogens is 1. The van der Waals surface area contributed by atoms with Crippen molar-refractivity contribution < 1.29 is 15.1 Å². The molecule has 0 aliphatic rings. The number of rotatable bonds is 2. The molecule has 1 aromatic carbocycles. The minimum Gasteiger partial charge on any atom is -0.503 e. The van der Waals surface area contributed by atoms with Crippen molar-refractivity contribution in [1.29, 1.82) is 0 Å². The highest BCUT2D eigenvalue weighted by molar-refractivity contribution is 6.32. The smallest absolute Gasteiger partial charge is 0.176 e. The van der Waals surface area contributed by atoms with Gasteiger partial charge in [-0.15, -0.1) is 0 Å². The summed E-state index contributed by atoms with van der Waals surface area (Å²) in [6.07, 6.45) is 1.19. The number of oxime groups is 1. The molecule has 0 unspecified atom stereocenters. The van der Waals surface area contributed by atoms with Crippen LogP contribution in [0.5, 0.6) is 11.5 Å². The molecule has 0 spiro atoms. The van der Waals surface area contributed by atoms with Gasteiger partial charge < -0.3 is 15.1 Å². The molecule has 1 rings (SSSR count). The predicted octanol–water partition coefficient (Wildman–Crippen LogP) is 1.86. The second kappa shape index (κ2) is 4.00. The van der Waals surface area contributed by atoms with Crippen LogP contribution in [0.3, 0.4) is 0 Å². The maximum absolute atomic E-state index is 9.33. The summed E-state index contributed by atoms with van der Waals surface area (Å²) in [7, 11) is 1.41. The number of phenols is 1. The number of nitrogens with zero attached hydrogens (tertiary/aromatic N) is 1. The zero-order valence-corrected chi connectivity index (χ0v) is 7.62. The Morgan fingerprint density at radius 1 is 1.54 bits per heavy atom. The van der Waals surface area contributed by atoms with Crippen molar-refractivity contribution in [3.8, 4) is 11.5 Å². The second-order valence-corrected chi connectivity index (χ2v) is 2.71. The van der Waals surface area contributed by atoms with Gasteiger partial charge in [-0.3, -0.25) is 0 Å². The first-order valence-electron chi connectivity index (χ1n) is 3.43. The SMILES string of the molecule is COc1cc(/C=N/O)cc(Cl)c1O. The van der Waals surface area contributed by atoms with Crippen molar-refractivity contribution in [1.82, 2.24) is 0 Å². The van der Waals surface area contributed by atoms with Crippen LogP contribution in [0, 0.1) is 0 Å². The van der Waals surface area contributed by atoms with Crippen LogP contribution in [0.1, 0.15) is 5.56 Å². The summed E-state index contributed by atoms with van der Waals surface area (Å²) in [4.78, 5) is 0. The molecular weight excluding hydrogens is 194 g/mol. The molecule has 13 heavy (non-hydrogen) atoms. The van der Waals surface area contributed by atoms with Gasteiger partial charge >= 0.3 is 0 Å². The maximum Gasteiger partial charge on any atom is 0.176 e. The van der Waals surface area contributed by atoms with Crippen LogP contribution < -0.4 is 4.74 Å². The molecule has 0 aromatic heterocycles. The molecule has 0 aliphatic heterocycles. The average molecular weight is 202 g/mol. The van der Waals surface area contributed by atoms with Crippen LogP contribution in [0.15, 0.2) is 17.3 Å². The Bertz CT molecular complexity index is 338. The van der Waals surface area contributed by atoms with E-state index in [2.05, 4.69) is 5.16 Å². The number of aromatic hydroxyl groups is 1. The Balaban J connectivity index is 3.21. The zero-order chi connectivity index (χ0) is 9.84. The molecule has 4 nitrogen and oxygen atoms in total. The third-order valence-corrected chi connectivity index (χ3v) is 1.77.